The van der Waals surface area contributed by atoms with Gasteiger partial charge in [-0.1, -0.05) is 30.9 Å². The number of carbonyl (C=O) groups is 2. The van der Waals surface area contributed by atoms with E-state index in [2.05, 4.69) is 16.0 Å². The van der Waals surface area contributed by atoms with E-state index in [1.165, 1.54) is 19.3 Å². The first-order valence-corrected chi connectivity index (χ1v) is 9.97. The smallest absolute Gasteiger partial charge is 0.319 e. The van der Waals surface area contributed by atoms with Crippen LogP contribution in [0.15, 0.2) is 18.2 Å². The standard InChI is InChI=1S/C20H31ClN4O2/c1-20(2,3)25-19(27)23-14-9-10-16(21)15(11-14)18(26)24-17(12-22)13-7-5-4-6-8-13/h9-11,13,17H,4-8,12,22H2,1-3H3,(H,24,26)(H2,23,25,27). The first-order valence-electron chi connectivity index (χ1n) is 9.59. The number of hydrogen-bond acceptors (Lipinski definition) is 3. The van der Waals surface area contributed by atoms with Gasteiger partial charge in [0, 0.05) is 23.8 Å². The van der Waals surface area contributed by atoms with Crippen molar-refractivity contribution in [3.8, 4) is 0 Å². The third-order valence-corrected chi connectivity index (χ3v) is 5.08. The minimum Gasteiger partial charge on any atom is -0.348 e. The number of hydrogen-bond donors (Lipinski definition) is 4. The number of anilines is 1. The van der Waals surface area contributed by atoms with Gasteiger partial charge >= 0.3 is 6.03 Å². The molecule has 0 spiro atoms. The molecule has 0 heterocycles. The summed E-state index contributed by atoms with van der Waals surface area (Å²) in [6, 6.07) is 4.48. The first-order chi connectivity index (χ1) is 12.7. The third kappa shape index (κ3) is 6.70. The van der Waals surface area contributed by atoms with E-state index < -0.39 is 0 Å². The molecule has 0 radical (unpaired) electrons. The van der Waals surface area contributed by atoms with Crippen molar-refractivity contribution in [2.75, 3.05) is 11.9 Å². The van der Waals surface area contributed by atoms with Crippen molar-refractivity contribution in [3.63, 3.8) is 0 Å². The van der Waals surface area contributed by atoms with Gasteiger partial charge < -0.3 is 21.7 Å². The zero-order valence-electron chi connectivity index (χ0n) is 16.4. The summed E-state index contributed by atoms with van der Waals surface area (Å²) in [6.07, 6.45) is 5.78. The monoisotopic (exact) mass is 394 g/mol. The summed E-state index contributed by atoms with van der Waals surface area (Å²) in [6.45, 7) is 6.09. The maximum atomic E-state index is 12.8. The average molecular weight is 395 g/mol. The molecule has 3 amide bonds. The van der Waals surface area contributed by atoms with Crippen LogP contribution >= 0.6 is 11.6 Å². The molecule has 1 atom stereocenters. The Morgan fingerprint density at radius 3 is 2.48 bits per heavy atom. The van der Waals surface area contributed by atoms with E-state index in [0.717, 1.165) is 12.8 Å². The zero-order valence-corrected chi connectivity index (χ0v) is 17.2. The number of halogens is 1. The Kier molecular flexibility index (Phi) is 7.50. The predicted molar refractivity (Wildman–Crippen MR) is 110 cm³/mol. The SMILES string of the molecule is CC(C)(C)NC(=O)Nc1ccc(Cl)c(C(=O)NC(CN)C2CCCCC2)c1. The number of benzene rings is 1. The Morgan fingerprint density at radius 2 is 1.89 bits per heavy atom. The zero-order chi connectivity index (χ0) is 20.0. The molecule has 0 aromatic heterocycles. The second kappa shape index (κ2) is 9.42. The summed E-state index contributed by atoms with van der Waals surface area (Å²) in [5, 5.41) is 8.93. The van der Waals surface area contributed by atoms with Crippen LogP contribution in [-0.2, 0) is 0 Å². The lowest BCUT2D eigenvalue weighted by molar-refractivity contribution is 0.0915. The molecule has 1 fully saturated rings. The van der Waals surface area contributed by atoms with Gasteiger partial charge in [0.2, 0.25) is 0 Å². The van der Waals surface area contributed by atoms with Crippen molar-refractivity contribution in [1.29, 1.82) is 0 Å². The molecule has 0 bridgehead atoms. The van der Waals surface area contributed by atoms with E-state index in [-0.39, 0.29) is 23.5 Å². The molecule has 150 valence electrons. The van der Waals surface area contributed by atoms with Gasteiger partial charge in [0.05, 0.1) is 10.6 Å². The van der Waals surface area contributed by atoms with Gasteiger partial charge in [-0.25, -0.2) is 4.79 Å². The van der Waals surface area contributed by atoms with E-state index in [9.17, 15) is 9.59 Å². The molecule has 1 unspecified atom stereocenters. The molecule has 27 heavy (non-hydrogen) atoms. The lowest BCUT2D eigenvalue weighted by Crippen LogP contribution is -2.46. The van der Waals surface area contributed by atoms with E-state index >= 15 is 0 Å². The molecule has 6 nitrogen and oxygen atoms in total. The highest BCUT2D eigenvalue weighted by Gasteiger charge is 2.25. The number of carbonyl (C=O) groups excluding carboxylic acids is 2. The molecular weight excluding hydrogens is 364 g/mol. The Bertz CT molecular complexity index is 666. The second-order valence-corrected chi connectivity index (χ2v) is 8.64. The number of amides is 3. The molecule has 1 saturated carbocycles. The van der Waals surface area contributed by atoms with Crippen molar-refractivity contribution in [2.24, 2.45) is 11.7 Å². The lowest BCUT2D eigenvalue weighted by Gasteiger charge is -2.30. The first kappa shape index (κ1) is 21.5. The van der Waals surface area contributed by atoms with Crippen molar-refractivity contribution >= 4 is 29.2 Å². The fourth-order valence-electron chi connectivity index (χ4n) is 3.43. The van der Waals surface area contributed by atoms with Crippen LogP contribution in [0.4, 0.5) is 10.5 Å². The molecule has 5 N–H and O–H groups in total. The maximum absolute atomic E-state index is 12.8. The van der Waals surface area contributed by atoms with Gasteiger partial charge in [0.15, 0.2) is 0 Å². The predicted octanol–water partition coefficient (Wildman–Crippen LogP) is 3.90. The van der Waals surface area contributed by atoms with Crippen LogP contribution in [0.3, 0.4) is 0 Å². The largest absolute Gasteiger partial charge is 0.348 e. The van der Waals surface area contributed by atoms with E-state index in [4.69, 9.17) is 17.3 Å². The highest BCUT2D eigenvalue weighted by Crippen LogP contribution is 2.27. The van der Waals surface area contributed by atoms with Crippen LogP contribution < -0.4 is 21.7 Å². The van der Waals surface area contributed by atoms with Crippen LogP contribution in [0.25, 0.3) is 0 Å². The molecule has 1 aromatic carbocycles. The third-order valence-electron chi connectivity index (χ3n) is 4.75. The Labute approximate surface area is 166 Å². The Hall–Kier alpha value is -1.79. The second-order valence-electron chi connectivity index (χ2n) is 8.24. The van der Waals surface area contributed by atoms with Crippen molar-refractivity contribution in [2.45, 2.75) is 64.5 Å². The number of urea groups is 1. The lowest BCUT2D eigenvalue weighted by atomic mass is 9.84. The van der Waals surface area contributed by atoms with Crippen molar-refractivity contribution in [3.05, 3.63) is 28.8 Å². The van der Waals surface area contributed by atoms with Crippen LogP contribution in [0.5, 0.6) is 0 Å². The van der Waals surface area contributed by atoms with Gasteiger partial charge in [-0.3, -0.25) is 4.79 Å². The fourth-order valence-corrected chi connectivity index (χ4v) is 3.64. The average Bonchev–Trinajstić information content (AvgIpc) is 2.60. The summed E-state index contributed by atoms with van der Waals surface area (Å²) < 4.78 is 0. The van der Waals surface area contributed by atoms with Crippen LogP contribution in [0.1, 0.15) is 63.2 Å². The van der Waals surface area contributed by atoms with Crippen LogP contribution in [-0.4, -0.2) is 30.1 Å². The summed E-state index contributed by atoms with van der Waals surface area (Å²) in [7, 11) is 0. The summed E-state index contributed by atoms with van der Waals surface area (Å²) in [5.74, 6) is 0.145. The number of nitrogens with two attached hydrogens (primary N) is 1. The topological polar surface area (TPSA) is 96.2 Å². The summed E-state index contributed by atoms with van der Waals surface area (Å²) >= 11 is 6.23. The number of nitrogens with one attached hydrogen (secondary N) is 3. The quantitative estimate of drug-likeness (QED) is 0.609. The van der Waals surface area contributed by atoms with Crippen LogP contribution in [0, 0.1) is 5.92 Å². The maximum Gasteiger partial charge on any atom is 0.319 e. The molecular formula is C20H31ClN4O2. The minimum absolute atomic E-state index is 0.0605. The molecule has 0 aliphatic heterocycles. The van der Waals surface area contributed by atoms with Crippen molar-refractivity contribution in [1.82, 2.24) is 10.6 Å². The summed E-state index contributed by atoms with van der Waals surface area (Å²) in [4.78, 5) is 24.8. The molecule has 2 rings (SSSR count). The van der Waals surface area contributed by atoms with E-state index in [1.807, 2.05) is 20.8 Å². The number of rotatable bonds is 5. The van der Waals surface area contributed by atoms with Gasteiger partial charge in [-0.2, -0.15) is 0 Å². The van der Waals surface area contributed by atoms with Gasteiger partial charge in [-0.15, -0.1) is 0 Å². The summed E-state index contributed by atoms with van der Waals surface area (Å²) in [5.41, 5.74) is 6.39. The van der Waals surface area contributed by atoms with Gasteiger partial charge in [-0.05, 0) is 57.7 Å². The van der Waals surface area contributed by atoms with Gasteiger partial charge in [0.25, 0.3) is 5.91 Å². The van der Waals surface area contributed by atoms with Crippen molar-refractivity contribution < 1.29 is 9.59 Å². The Morgan fingerprint density at radius 1 is 1.22 bits per heavy atom. The molecule has 1 aliphatic carbocycles. The molecule has 1 aliphatic rings. The van der Waals surface area contributed by atoms with Crippen LogP contribution in [0.2, 0.25) is 5.02 Å². The molecule has 7 heteroatoms. The normalized spacial score (nSPS) is 16.5. The Balaban J connectivity index is 2.07. The minimum atomic E-state index is -0.356. The highest BCUT2D eigenvalue weighted by atomic mass is 35.5. The van der Waals surface area contributed by atoms with E-state index in [1.54, 1.807) is 18.2 Å². The fraction of sp³-hybridized carbons (Fsp3) is 0.600. The molecule has 1 aromatic rings. The molecule has 0 saturated heterocycles. The highest BCUT2D eigenvalue weighted by molar-refractivity contribution is 6.34. The van der Waals surface area contributed by atoms with Gasteiger partial charge in [0.1, 0.15) is 0 Å². The van der Waals surface area contributed by atoms with E-state index in [0.29, 0.717) is 28.7 Å².